The Morgan fingerprint density at radius 2 is 0.536 bits per heavy atom. The molecule has 0 unspecified atom stereocenters. The summed E-state index contributed by atoms with van der Waals surface area (Å²) in [6, 6.07) is 102. The van der Waals surface area contributed by atoms with E-state index in [4.69, 9.17) is 0 Å². The molecule has 2 spiro atoms. The third-order valence-electron chi connectivity index (χ3n) is 15.4. The minimum absolute atomic E-state index is 0.545. The summed E-state index contributed by atoms with van der Waals surface area (Å²) in [5.41, 5.74) is 25.3. The molecule has 0 bridgehead atoms. The number of benzene rings is 11. The fourth-order valence-electron chi connectivity index (χ4n) is 12.7. The number of hydrogen-bond acceptors (Lipinski definition) is 1. The van der Waals surface area contributed by atoms with Gasteiger partial charge in [-0.05, 0) is 125 Å². The van der Waals surface area contributed by atoms with Crippen molar-refractivity contribution in [2.24, 2.45) is 0 Å². The van der Waals surface area contributed by atoms with E-state index in [9.17, 15) is 0 Å². The molecule has 69 heavy (non-hydrogen) atoms. The fraction of sp³-hybridized carbons (Fsp3) is 0.0294. The molecular weight excluding hydrogens is 831 g/mol. The average molecular weight is 876 g/mol. The molecule has 11 aromatic carbocycles. The van der Waals surface area contributed by atoms with Crippen molar-refractivity contribution in [1.29, 1.82) is 0 Å². The van der Waals surface area contributed by atoms with Crippen molar-refractivity contribution < 1.29 is 0 Å². The van der Waals surface area contributed by atoms with Gasteiger partial charge in [-0.3, -0.25) is 0 Å². The van der Waals surface area contributed by atoms with Crippen LogP contribution in [0.2, 0.25) is 0 Å². The summed E-state index contributed by atoms with van der Waals surface area (Å²) < 4.78 is 0. The van der Waals surface area contributed by atoms with Crippen LogP contribution in [-0.2, 0) is 10.8 Å². The standard InChI is InChI=1S/C68H45N/c1-3-20-46(21-4-1)47-38-42-50(43-39-47)69(65-37-18-11-24-52(65)48-22-5-2-6-23-48)51-44-40-49(41-45-51)53-29-19-36-64-66(53)68(60-32-14-9-27-56(60)57-28-10-15-33-61(57)68)63-35-17-16-34-62(63)67(64)58-30-12-7-25-54(58)55-26-8-13-31-59(55)67/h1-45H. The first-order valence-electron chi connectivity index (χ1n) is 24.1. The molecule has 14 rings (SSSR count). The molecule has 0 N–H and O–H groups in total. The van der Waals surface area contributed by atoms with Gasteiger partial charge in [-0.25, -0.2) is 0 Å². The van der Waals surface area contributed by atoms with E-state index < -0.39 is 10.8 Å². The monoisotopic (exact) mass is 875 g/mol. The van der Waals surface area contributed by atoms with Gasteiger partial charge in [0.25, 0.3) is 0 Å². The largest absolute Gasteiger partial charge is 0.310 e. The zero-order valence-corrected chi connectivity index (χ0v) is 37.9. The minimum atomic E-state index is -0.590. The molecule has 3 aliphatic rings. The van der Waals surface area contributed by atoms with Crippen LogP contribution in [0.25, 0.3) is 55.6 Å². The summed E-state index contributed by atoms with van der Waals surface area (Å²) in [5, 5.41) is 0. The lowest BCUT2D eigenvalue weighted by Crippen LogP contribution is -2.44. The van der Waals surface area contributed by atoms with Gasteiger partial charge in [0.1, 0.15) is 0 Å². The van der Waals surface area contributed by atoms with Crippen molar-refractivity contribution >= 4 is 17.1 Å². The predicted octanol–water partition coefficient (Wildman–Crippen LogP) is 17.2. The van der Waals surface area contributed by atoms with Crippen molar-refractivity contribution in [1.82, 2.24) is 0 Å². The summed E-state index contributed by atoms with van der Waals surface area (Å²) in [7, 11) is 0. The Balaban J connectivity index is 1.03. The second-order valence-electron chi connectivity index (χ2n) is 18.6. The molecule has 0 atom stereocenters. The average Bonchev–Trinajstić information content (AvgIpc) is 3.89. The highest BCUT2D eigenvalue weighted by molar-refractivity contribution is 5.97. The Labute approximate surface area is 403 Å². The van der Waals surface area contributed by atoms with E-state index in [-0.39, 0.29) is 0 Å². The van der Waals surface area contributed by atoms with Crippen LogP contribution in [0.4, 0.5) is 17.1 Å². The highest BCUT2D eigenvalue weighted by Gasteiger charge is 2.59. The van der Waals surface area contributed by atoms with Gasteiger partial charge in [0.2, 0.25) is 0 Å². The normalized spacial score (nSPS) is 13.7. The van der Waals surface area contributed by atoms with Crippen LogP contribution >= 0.6 is 0 Å². The van der Waals surface area contributed by atoms with E-state index in [1.165, 1.54) is 100 Å². The van der Waals surface area contributed by atoms with E-state index in [0.717, 1.165) is 17.1 Å². The number of anilines is 3. The lowest BCUT2D eigenvalue weighted by molar-refractivity contribution is 0.634. The molecule has 0 saturated carbocycles. The zero-order valence-electron chi connectivity index (χ0n) is 37.9. The summed E-state index contributed by atoms with van der Waals surface area (Å²) in [5.74, 6) is 0. The molecule has 11 aromatic rings. The van der Waals surface area contributed by atoms with Gasteiger partial charge < -0.3 is 4.90 Å². The summed E-state index contributed by atoms with van der Waals surface area (Å²) in [4.78, 5) is 2.42. The van der Waals surface area contributed by atoms with Crippen molar-refractivity contribution in [3.8, 4) is 55.6 Å². The highest BCUT2D eigenvalue weighted by Crippen LogP contribution is 2.68. The highest BCUT2D eigenvalue weighted by atomic mass is 15.1. The van der Waals surface area contributed by atoms with Gasteiger partial charge in [-0.2, -0.15) is 0 Å². The quantitative estimate of drug-likeness (QED) is 0.161. The number of rotatable bonds is 6. The van der Waals surface area contributed by atoms with Crippen LogP contribution in [0.15, 0.2) is 273 Å². The maximum atomic E-state index is 2.45. The number of para-hydroxylation sites is 1. The molecule has 0 amide bonds. The number of hydrogen-bond donors (Lipinski definition) is 0. The Morgan fingerprint density at radius 1 is 0.203 bits per heavy atom. The smallest absolute Gasteiger partial charge is 0.0725 e. The van der Waals surface area contributed by atoms with Gasteiger partial charge in [0.05, 0.1) is 16.5 Å². The third-order valence-corrected chi connectivity index (χ3v) is 15.4. The molecule has 0 aromatic heterocycles. The van der Waals surface area contributed by atoms with Gasteiger partial charge in [-0.1, -0.05) is 243 Å². The molecule has 1 heteroatoms. The van der Waals surface area contributed by atoms with Crippen LogP contribution in [0.1, 0.15) is 44.5 Å². The number of nitrogens with zero attached hydrogens (tertiary/aromatic N) is 1. The van der Waals surface area contributed by atoms with Crippen LogP contribution in [0.5, 0.6) is 0 Å². The Morgan fingerprint density at radius 3 is 1.06 bits per heavy atom. The number of fused-ring (bicyclic) bond motifs is 16. The second kappa shape index (κ2) is 15.4. The first-order chi connectivity index (χ1) is 34.3. The second-order valence-corrected chi connectivity index (χ2v) is 18.6. The van der Waals surface area contributed by atoms with Gasteiger partial charge in [-0.15, -0.1) is 0 Å². The van der Waals surface area contributed by atoms with E-state index in [1.807, 2.05) is 0 Å². The lowest BCUT2D eigenvalue weighted by atomic mass is 9.51. The molecule has 0 radical (unpaired) electrons. The first-order valence-corrected chi connectivity index (χ1v) is 24.1. The predicted molar refractivity (Wildman–Crippen MR) is 286 cm³/mol. The van der Waals surface area contributed by atoms with Crippen molar-refractivity contribution in [3.05, 3.63) is 317 Å². The topological polar surface area (TPSA) is 3.24 Å². The van der Waals surface area contributed by atoms with Crippen LogP contribution in [0, 0.1) is 0 Å². The lowest BCUT2D eigenvalue weighted by Gasteiger charge is -2.49. The molecule has 0 fully saturated rings. The van der Waals surface area contributed by atoms with Crippen molar-refractivity contribution in [2.75, 3.05) is 4.90 Å². The van der Waals surface area contributed by atoms with Gasteiger partial charge in [0.15, 0.2) is 0 Å². The van der Waals surface area contributed by atoms with Crippen LogP contribution in [0.3, 0.4) is 0 Å². The van der Waals surface area contributed by atoms with E-state index in [1.54, 1.807) is 0 Å². The first kappa shape index (κ1) is 39.4. The third kappa shape index (κ3) is 5.53. The van der Waals surface area contributed by atoms with Gasteiger partial charge >= 0.3 is 0 Å². The maximum Gasteiger partial charge on any atom is 0.0725 e. The van der Waals surface area contributed by atoms with E-state index >= 15 is 0 Å². The molecule has 1 nitrogen and oxygen atoms in total. The molecule has 0 heterocycles. The van der Waals surface area contributed by atoms with Gasteiger partial charge in [0, 0.05) is 16.9 Å². The summed E-state index contributed by atoms with van der Waals surface area (Å²) >= 11 is 0. The molecule has 0 aliphatic heterocycles. The van der Waals surface area contributed by atoms with E-state index in [0.29, 0.717) is 0 Å². The van der Waals surface area contributed by atoms with Crippen molar-refractivity contribution in [3.63, 3.8) is 0 Å². The molecule has 3 aliphatic carbocycles. The Hall–Kier alpha value is -8.78. The molecule has 0 saturated heterocycles. The maximum absolute atomic E-state index is 2.45. The SMILES string of the molecule is c1ccc(-c2ccc(N(c3ccc(-c4cccc5c4C4(c6ccccc6-c6ccccc64)c4ccccc4C54c5ccccc5-c5ccccc54)cc3)c3ccccc3-c3ccccc3)cc2)cc1. The zero-order chi connectivity index (χ0) is 45.5. The van der Waals surface area contributed by atoms with E-state index in [2.05, 4.69) is 278 Å². The van der Waals surface area contributed by atoms with Crippen LogP contribution in [-0.4, -0.2) is 0 Å². The fourth-order valence-corrected chi connectivity index (χ4v) is 12.7. The Bertz CT molecular complexity index is 3680. The minimum Gasteiger partial charge on any atom is -0.310 e. The summed E-state index contributed by atoms with van der Waals surface area (Å²) in [6.45, 7) is 0. The van der Waals surface area contributed by atoms with Crippen molar-refractivity contribution in [2.45, 2.75) is 10.8 Å². The summed E-state index contributed by atoms with van der Waals surface area (Å²) in [6.07, 6.45) is 0. The Kier molecular flexibility index (Phi) is 8.78. The molecule has 322 valence electrons. The molecular formula is C68H45N. The van der Waals surface area contributed by atoms with Crippen LogP contribution < -0.4 is 4.90 Å².